The molecule has 0 amide bonds. The molecule has 1 aromatic heterocycles. The van der Waals surface area contributed by atoms with Crippen molar-refractivity contribution in [1.82, 2.24) is 9.97 Å². The van der Waals surface area contributed by atoms with Crippen LogP contribution in [0.15, 0.2) is 6.07 Å². The lowest BCUT2D eigenvalue weighted by Gasteiger charge is -2.26. The van der Waals surface area contributed by atoms with E-state index in [1.165, 1.54) is 0 Å². The van der Waals surface area contributed by atoms with E-state index in [-0.39, 0.29) is 0 Å². The maximum Gasteiger partial charge on any atom is 0.227 e. The first kappa shape index (κ1) is 10.9. The summed E-state index contributed by atoms with van der Waals surface area (Å²) in [7, 11) is 0. The summed E-state index contributed by atoms with van der Waals surface area (Å²) in [5, 5.41) is 0.433. The molecule has 0 bridgehead atoms. The molecule has 4 nitrogen and oxygen atoms in total. The van der Waals surface area contributed by atoms with Gasteiger partial charge in [-0.2, -0.15) is 0 Å². The predicted molar refractivity (Wildman–Crippen MR) is 59.6 cm³/mol. The highest BCUT2D eigenvalue weighted by Gasteiger charge is 2.14. The number of hydrogen-bond donors (Lipinski definition) is 0. The summed E-state index contributed by atoms with van der Waals surface area (Å²) in [6.45, 7) is 2.99. The topological polar surface area (TPSA) is 38.2 Å². The number of rotatable bonds is 2. The van der Waals surface area contributed by atoms with Crippen molar-refractivity contribution < 1.29 is 4.74 Å². The summed E-state index contributed by atoms with van der Waals surface area (Å²) in [6, 6.07) is 1.68. The number of morpholine rings is 1. The first-order chi connectivity index (χ1) is 7.29. The van der Waals surface area contributed by atoms with E-state index in [1.54, 1.807) is 6.07 Å². The van der Waals surface area contributed by atoms with Crippen molar-refractivity contribution in [1.29, 1.82) is 0 Å². The highest BCUT2D eigenvalue weighted by molar-refractivity contribution is 6.29. The maximum absolute atomic E-state index is 5.88. The summed E-state index contributed by atoms with van der Waals surface area (Å²) < 4.78 is 5.25. The third-order valence-corrected chi connectivity index (χ3v) is 2.63. The van der Waals surface area contributed by atoms with Crippen molar-refractivity contribution >= 4 is 29.2 Å². The summed E-state index contributed by atoms with van der Waals surface area (Å²) >= 11 is 11.6. The molecule has 1 aliphatic rings. The van der Waals surface area contributed by atoms with Gasteiger partial charge >= 0.3 is 0 Å². The molecule has 2 heterocycles. The third-order valence-electron chi connectivity index (χ3n) is 2.17. The van der Waals surface area contributed by atoms with Crippen LogP contribution in [-0.2, 0) is 10.6 Å². The lowest BCUT2D eigenvalue weighted by atomic mass is 10.4. The van der Waals surface area contributed by atoms with Crippen LogP contribution >= 0.6 is 23.2 Å². The van der Waals surface area contributed by atoms with Crippen LogP contribution in [0.2, 0.25) is 5.15 Å². The zero-order valence-corrected chi connectivity index (χ0v) is 9.63. The molecule has 1 aliphatic heterocycles. The van der Waals surface area contributed by atoms with Gasteiger partial charge in [-0.05, 0) is 6.07 Å². The quantitative estimate of drug-likeness (QED) is 0.589. The van der Waals surface area contributed by atoms with Gasteiger partial charge in [0, 0.05) is 13.1 Å². The lowest BCUT2D eigenvalue weighted by Crippen LogP contribution is -2.37. The van der Waals surface area contributed by atoms with Crippen molar-refractivity contribution in [3.63, 3.8) is 0 Å². The second-order valence-corrected chi connectivity index (χ2v) is 3.87. The number of alkyl halides is 1. The van der Waals surface area contributed by atoms with Gasteiger partial charge in [-0.15, -0.1) is 11.6 Å². The number of anilines is 1. The van der Waals surface area contributed by atoms with Gasteiger partial charge < -0.3 is 9.64 Å². The predicted octanol–water partition coefficient (Wildman–Crippen LogP) is 1.71. The molecular formula is C9H11Cl2N3O. The van der Waals surface area contributed by atoms with Crippen molar-refractivity contribution in [2.75, 3.05) is 31.2 Å². The first-order valence-electron chi connectivity index (χ1n) is 4.71. The fraction of sp³-hybridized carbons (Fsp3) is 0.556. The fourth-order valence-corrected chi connectivity index (χ4v) is 1.76. The monoisotopic (exact) mass is 247 g/mol. The van der Waals surface area contributed by atoms with Crippen LogP contribution in [0.5, 0.6) is 0 Å². The molecule has 0 aliphatic carbocycles. The zero-order valence-electron chi connectivity index (χ0n) is 8.12. The van der Waals surface area contributed by atoms with Crippen LogP contribution in [-0.4, -0.2) is 36.3 Å². The Kier molecular flexibility index (Phi) is 3.61. The molecule has 15 heavy (non-hydrogen) atoms. The summed E-state index contributed by atoms with van der Waals surface area (Å²) in [6.07, 6.45) is 0. The van der Waals surface area contributed by atoms with Gasteiger partial charge in [0.1, 0.15) is 5.15 Å². The Bertz CT molecular complexity index is 342. The minimum absolute atomic E-state index is 0.347. The van der Waals surface area contributed by atoms with Crippen molar-refractivity contribution in [3.8, 4) is 0 Å². The van der Waals surface area contributed by atoms with E-state index in [1.807, 2.05) is 4.90 Å². The van der Waals surface area contributed by atoms with Crippen LogP contribution in [0.4, 0.5) is 5.95 Å². The molecule has 2 rings (SSSR count). The largest absolute Gasteiger partial charge is 0.378 e. The Morgan fingerprint density at radius 2 is 2.07 bits per heavy atom. The van der Waals surface area contributed by atoms with Gasteiger partial charge in [-0.25, -0.2) is 9.97 Å². The molecule has 6 heteroatoms. The Morgan fingerprint density at radius 3 is 2.73 bits per heavy atom. The fourth-order valence-electron chi connectivity index (χ4n) is 1.42. The Balaban J connectivity index is 2.22. The first-order valence-corrected chi connectivity index (χ1v) is 5.63. The van der Waals surface area contributed by atoms with Gasteiger partial charge in [0.25, 0.3) is 0 Å². The van der Waals surface area contributed by atoms with Gasteiger partial charge in [0.2, 0.25) is 5.95 Å². The number of ether oxygens (including phenoxy) is 1. The maximum atomic E-state index is 5.88. The molecular weight excluding hydrogens is 237 g/mol. The molecule has 0 N–H and O–H groups in total. The van der Waals surface area contributed by atoms with Crippen molar-refractivity contribution in [2.45, 2.75) is 5.88 Å². The van der Waals surface area contributed by atoms with Crippen LogP contribution < -0.4 is 4.90 Å². The Morgan fingerprint density at radius 1 is 1.33 bits per heavy atom. The molecule has 0 unspecified atom stereocenters. The van der Waals surface area contributed by atoms with E-state index in [4.69, 9.17) is 27.9 Å². The molecule has 0 saturated carbocycles. The normalized spacial score (nSPS) is 16.8. The molecule has 0 radical (unpaired) electrons. The molecule has 1 aromatic rings. The minimum Gasteiger partial charge on any atom is -0.378 e. The average Bonchev–Trinajstić information content (AvgIpc) is 2.29. The van der Waals surface area contributed by atoms with E-state index in [2.05, 4.69) is 9.97 Å². The Hall–Kier alpha value is -0.580. The zero-order chi connectivity index (χ0) is 10.7. The molecule has 0 aromatic carbocycles. The number of aromatic nitrogens is 2. The highest BCUT2D eigenvalue weighted by atomic mass is 35.5. The van der Waals surface area contributed by atoms with Crippen LogP contribution in [0.3, 0.4) is 0 Å². The van der Waals surface area contributed by atoms with E-state index < -0.39 is 0 Å². The highest BCUT2D eigenvalue weighted by Crippen LogP contribution is 2.16. The van der Waals surface area contributed by atoms with E-state index in [0.717, 1.165) is 18.8 Å². The number of hydrogen-bond acceptors (Lipinski definition) is 4. The molecule has 1 saturated heterocycles. The van der Waals surface area contributed by atoms with E-state index in [9.17, 15) is 0 Å². The molecule has 0 spiro atoms. The van der Waals surface area contributed by atoms with Gasteiger partial charge in [-0.3, -0.25) is 0 Å². The molecule has 82 valence electrons. The minimum atomic E-state index is 0.347. The van der Waals surface area contributed by atoms with Gasteiger partial charge in [0.15, 0.2) is 0 Å². The van der Waals surface area contributed by atoms with Crippen LogP contribution in [0, 0.1) is 0 Å². The van der Waals surface area contributed by atoms with Crippen molar-refractivity contribution in [2.24, 2.45) is 0 Å². The standard InChI is InChI=1S/C9H11Cl2N3O/c10-6-7-5-8(11)13-9(12-7)14-1-3-15-4-2-14/h5H,1-4,6H2. The third kappa shape index (κ3) is 2.71. The van der Waals surface area contributed by atoms with Crippen LogP contribution in [0.25, 0.3) is 0 Å². The number of halogens is 2. The second-order valence-electron chi connectivity index (χ2n) is 3.22. The molecule has 0 atom stereocenters. The Labute approximate surface area is 98.2 Å². The van der Waals surface area contributed by atoms with E-state index in [0.29, 0.717) is 30.2 Å². The van der Waals surface area contributed by atoms with Crippen molar-refractivity contribution in [3.05, 3.63) is 16.9 Å². The second kappa shape index (κ2) is 4.96. The summed E-state index contributed by atoms with van der Waals surface area (Å²) in [5.41, 5.74) is 0.748. The van der Waals surface area contributed by atoms with Crippen LogP contribution in [0.1, 0.15) is 5.69 Å². The molecule has 1 fully saturated rings. The lowest BCUT2D eigenvalue weighted by molar-refractivity contribution is 0.122. The summed E-state index contributed by atoms with van der Waals surface area (Å²) in [5.74, 6) is 0.987. The van der Waals surface area contributed by atoms with Gasteiger partial charge in [0.05, 0.1) is 24.8 Å². The SMILES string of the molecule is ClCc1cc(Cl)nc(N2CCOCC2)n1. The summed E-state index contributed by atoms with van der Waals surface area (Å²) in [4.78, 5) is 10.5. The smallest absolute Gasteiger partial charge is 0.227 e. The van der Waals surface area contributed by atoms with E-state index >= 15 is 0 Å². The average molecular weight is 248 g/mol. The van der Waals surface area contributed by atoms with Gasteiger partial charge in [-0.1, -0.05) is 11.6 Å². The number of nitrogens with zero attached hydrogens (tertiary/aromatic N) is 3.